The normalized spacial score (nSPS) is 27.1. The van der Waals surface area contributed by atoms with Crippen molar-refractivity contribution in [2.45, 2.75) is 179 Å². The lowest BCUT2D eigenvalue weighted by atomic mass is 9.80. The van der Waals surface area contributed by atoms with Crippen LogP contribution < -0.4 is 4.90 Å². The lowest BCUT2D eigenvalue weighted by Gasteiger charge is -2.37. The van der Waals surface area contributed by atoms with Crippen LogP contribution in [0.15, 0.2) is 72.0 Å². The van der Waals surface area contributed by atoms with Crippen LogP contribution in [-0.2, 0) is 16.6 Å². The van der Waals surface area contributed by atoms with Gasteiger partial charge in [-0.15, -0.1) is 34.0 Å². The molecule has 9 unspecified atom stereocenters. The molecule has 9 rings (SSSR count). The van der Waals surface area contributed by atoms with Crippen LogP contribution in [0.1, 0.15) is 170 Å². The van der Waals surface area contributed by atoms with Crippen molar-refractivity contribution >= 4 is 55.2 Å². The molecule has 4 aromatic rings. The summed E-state index contributed by atoms with van der Waals surface area (Å²) in [6.07, 6.45) is 33.6. The fraction of sp³-hybridized carbons (Fsp3) is 0.582. The van der Waals surface area contributed by atoms with E-state index in [1.54, 1.807) is 16.9 Å². The first-order valence-corrected chi connectivity index (χ1v) is 27.1. The molecule has 1 aromatic carbocycles. The van der Waals surface area contributed by atoms with Crippen molar-refractivity contribution < 1.29 is 9.84 Å². The number of para-hydroxylation sites is 1. The van der Waals surface area contributed by atoms with Crippen molar-refractivity contribution in [1.29, 1.82) is 5.26 Å². The predicted octanol–water partition coefficient (Wildman–Crippen LogP) is 16.1. The monoisotopic (exact) mass is 886 g/mol. The molecule has 5 aliphatic rings. The van der Waals surface area contributed by atoms with Crippen molar-refractivity contribution in [1.82, 2.24) is 0 Å². The molecular formula is C55H70N2O2S3. The zero-order valence-electron chi connectivity index (χ0n) is 37.9. The first kappa shape index (κ1) is 44.2. The van der Waals surface area contributed by atoms with Crippen LogP contribution >= 0.6 is 34.0 Å². The Balaban J connectivity index is 0.939. The van der Waals surface area contributed by atoms with E-state index in [1.165, 1.54) is 150 Å². The molecule has 2 bridgehead atoms. The molecule has 3 aliphatic carbocycles. The molecule has 7 heteroatoms. The highest BCUT2D eigenvalue weighted by molar-refractivity contribution is 7.31. The van der Waals surface area contributed by atoms with Gasteiger partial charge in [-0.1, -0.05) is 142 Å². The summed E-state index contributed by atoms with van der Waals surface area (Å²) >= 11 is 5.68. The molecule has 330 valence electrons. The number of epoxide rings is 1. The van der Waals surface area contributed by atoms with Gasteiger partial charge in [-0.2, -0.15) is 5.26 Å². The van der Waals surface area contributed by atoms with Crippen molar-refractivity contribution in [2.75, 3.05) is 4.90 Å². The van der Waals surface area contributed by atoms with Crippen LogP contribution in [0.2, 0.25) is 0 Å². The summed E-state index contributed by atoms with van der Waals surface area (Å²) in [4.78, 5) is 8.14. The molecule has 9 atom stereocenters. The number of aryl methyl sites for hydroxylation is 1. The zero-order chi connectivity index (χ0) is 42.8. The second-order valence-electron chi connectivity index (χ2n) is 20.1. The molecule has 4 nitrogen and oxygen atoms in total. The third-order valence-corrected chi connectivity index (χ3v) is 19.4. The molecule has 5 heterocycles. The summed E-state index contributed by atoms with van der Waals surface area (Å²) in [5.41, 5.74) is 6.47. The van der Waals surface area contributed by atoms with Gasteiger partial charge in [0.2, 0.25) is 0 Å². The fourth-order valence-electron chi connectivity index (χ4n) is 12.0. The van der Waals surface area contributed by atoms with Gasteiger partial charge in [-0.25, -0.2) is 0 Å². The van der Waals surface area contributed by atoms with Crippen LogP contribution in [0.3, 0.4) is 0 Å². The summed E-state index contributed by atoms with van der Waals surface area (Å²) in [5, 5.41) is 19.5. The molecule has 0 spiro atoms. The number of fused-ring (bicyclic) bond motifs is 8. The Morgan fingerprint density at radius 3 is 2.42 bits per heavy atom. The van der Waals surface area contributed by atoms with E-state index in [0.717, 1.165) is 41.4 Å². The number of allylic oxidation sites excluding steroid dienone is 3. The lowest BCUT2D eigenvalue weighted by Crippen LogP contribution is -2.38. The Hall–Kier alpha value is -2.99. The van der Waals surface area contributed by atoms with Gasteiger partial charge < -0.3 is 14.7 Å². The SMILES string of the molecule is CCCCCC(CCCCCCCC(C)CCC)CCc1cc(C2(C)C=CC(N3c4ccccc4C4C5CCC(C5)C43)=CC2)sc1-c1cc2sc(/C=C(\C#N)C3OC3O)cc2s1. The maximum atomic E-state index is 9.79. The Morgan fingerprint density at radius 1 is 0.919 bits per heavy atom. The summed E-state index contributed by atoms with van der Waals surface area (Å²) in [6.45, 7) is 9.57. The quantitative estimate of drug-likeness (QED) is 0.0485. The number of aliphatic hydroxyl groups is 1. The minimum Gasteiger partial charge on any atom is -0.366 e. The topological polar surface area (TPSA) is 59.8 Å². The van der Waals surface area contributed by atoms with Gasteiger partial charge in [-0.3, -0.25) is 0 Å². The van der Waals surface area contributed by atoms with Gasteiger partial charge in [0.05, 0.1) is 11.6 Å². The number of unbranched alkanes of at least 4 members (excludes halogenated alkanes) is 6. The van der Waals surface area contributed by atoms with Gasteiger partial charge in [0, 0.05) is 57.7 Å². The number of thiophene rings is 3. The van der Waals surface area contributed by atoms with Gasteiger partial charge in [0.1, 0.15) is 6.10 Å². The minimum atomic E-state index is -0.852. The number of aliphatic hydroxyl groups excluding tert-OH is 1. The Morgan fingerprint density at radius 2 is 1.68 bits per heavy atom. The van der Waals surface area contributed by atoms with E-state index < -0.39 is 12.4 Å². The van der Waals surface area contributed by atoms with Gasteiger partial charge in [0.15, 0.2) is 6.29 Å². The maximum Gasteiger partial charge on any atom is 0.187 e. The third kappa shape index (κ3) is 9.39. The molecule has 62 heavy (non-hydrogen) atoms. The summed E-state index contributed by atoms with van der Waals surface area (Å²) in [6, 6.07) is 19.4. The Kier molecular flexibility index (Phi) is 14.0. The molecule has 0 radical (unpaired) electrons. The van der Waals surface area contributed by atoms with Crippen molar-refractivity contribution in [2.24, 2.45) is 23.7 Å². The molecule has 0 amide bonds. The van der Waals surface area contributed by atoms with Crippen LogP contribution in [0.25, 0.3) is 25.2 Å². The molecular weight excluding hydrogens is 817 g/mol. The van der Waals surface area contributed by atoms with Crippen LogP contribution in [0.4, 0.5) is 5.69 Å². The third-order valence-electron chi connectivity index (χ3n) is 15.5. The highest BCUT2D eigenvalue weighted by Gasteiger charge is 2.55. The lowest BCUT2D eigenvalue weighted by molar-refractivity contribution is 0.156. The molecule has 3 aromatic heterocycles. The predicted molar refractivity (Wildman–Crippen MR) is 265 cm³/mol. The Bertz CT molecular complexity index is 2270. The number of hydrogen-bond donors (Lipinski definition) is 1. The molecule has 2 saturated carbocycles. The van der Waals surface area contributed by atoms with E-state index in [-0.39, 0.29) is 5.41 Å². The second kappa shape index (κ2) is 19.6. The standard InChI is InChI=1S/C55H70N2O2S3/c1-5-7-11-18-37(19-13-10-8-9-12-17-36(3)16-6-2)22-23-40-32-49(62-53(40)48-34-47-46(61-48)33-43(60-47)31-41(35-56)52-54(58)59-52)55(4)28-26-42(27-29-55)57-45-21-15-14-20-44(45)50-38-24-25-39(30-38)51(50)57/h14-15,20-21,26-28,31-34,36-39,50-52,54,58H,5-13,16-19,22-25,29-30H2,1-4H3/b41-31+. The molecule has 2 aliphatic heterocycles. The van der Waals surface area contributed by atoms with Crippen LogP contribution in [0, 0.1) is 35.0 Å². The number of rotatable bonds is 22. The number of nitriles is 1. The average molecular weight is 887 g/mol. The molecule has 1 saturated heterocycles. The minimum absolute atomic E-state index is 0.0426. The van der Waals surface area contributed by atoms with Gasteiger partial charge >= 0.3 is 0 Å². The first-order valence-electron chi connectivity index (χ1n) is 24.7. The van der Waals surface area contributed by atoms with Crippen LogP contribution in [0.5, 0.6) is 0 Å². The van der Waals surface area contributed by atoms with E-state index in [0.29, 0.717) is 17.5 Å². The number of hydrogen-bond acceptors (Lipinski definition) is 7. The van der Waals surface area contributed by atoms with E-state index in [4.69, 9.17) is 4.74 Å². The van der Waals surface area contributed by atoms with E-state index >= 15 is 0 Å². The summed E-state index contributed by atoms with van der Waals surface area (Å²) in [5.74, 6) is 4.06. The van der Waals surface area contributed by atoms with E-state index in [2.05, 4.69) is 99.4 Å². The van der Waals surface area contributed by atoms with E-state index in [1.807, 2.05) is 28.7 Å². The van der Waals surface area contributed by atoms with E-state index in [9.17, 15) is 10.4 Å². The fourth-order valence-corrected chi connectivity index (χ4v) is 15.8. The highest BCUT2D eigenvalue weighted by atomic mass is 32.1. The smallest absolute Gasteiger partial charge is 0.187 e. The number of benzene rings is 1. The van der Waals surface area contributed by atoms with Crippen LogP contribution in [-0.4, -0.2) is 23.5 Å². The highest BCUT2D eigenvalue weighted by Crippen LogP contribution is 2.62. The number of anilines is 1. The summed E-state index contributed by atoms with van der Waals surface area (Å²) in [7, 11) is 0. The maximum absolute atomic E-state index is 9.79. The largest absolute Gasteiger partial charge is 0.366 e. The second-order valence-corrected chi connectivity index (χ2v) is 23.4. The number of ether oxygens (including phenoxy) is 1. The molecule has 3 fully saturated rings. The van der Waals surface area contributed by atoms with Gasteiger partial charge in [-0.05, 0) is 110 Å². The number of nitrogens with zero attached hydrogens (tertiary/aromatic N) is 2. The molecule has 1 N–H and O–H groups in total. The van der Waals surface area contributed by atoms with Crippen molar-refractivity contribution in [3.8, 4) is 15.8 Å². The average Bonchev–Trinajstić information content (AvgIpc) is 3.95. The van der Waals surface area contributed by atoms with Crippen molar-refractivity contribution in [3.63, 3.8) is 0 Å². The first-order chi connectivity index (χ1) is 30.3. The Labute approximate surface area is 384 Å². The van der Waals surface area contributed by atoms with Crippen molar-refractivity contribution in [3.05, 3.63) is 92.8 Å². The van der Waals surface area contributed by atoms with Gasteiger partial charge in [0.25, 0.3) is 0 Å². The summed E-state index contributed by atoms with van der Waals surface area (Å²) < 4.78 is 7.74. The zero-order valence-corrected chi connectivity index (χ0v) is 40.3.